The third-order valence-electron chi connectivity index (χ3n) is 5.28. The number of carbonyl (C=O) groups is 1. The first-order valence-electron chi connectivity index (χ1n) is 9.63. The van der Waals surface area contributed by atoms with Gasteiger partial charge in [0.1, 0.15) is 0 Å². The minimum atomic E-state index is -3.33. The smallest absolute Gasteiger partial charge is 0.304 e. The van der Waals surface area contributed by atoms with Crippen LogP contribution in [0.3, 0.4) is 0 Å². The molecule has 1 saturated heterocycles. The third kappa shape index (κ3) is 3.66. The Morgan fingerprint density at radius 2 is 1.21 bits per heavy atom. The largest absolute Gasteiger partial charge is 0.481 e. The number of rotatable bonds is 6. The van der Waals surface area contributed by atoms with E-state index in [2.05, 4.69) is 0 Å². The van der Waals surface area contributed by atoms with E-state index in [0.717, 1.165) is 16.9 Å². The molecular weight excluding hydrogens is 383 g/mol. The molecule has 1 N–H and O–H groups in total. The Morgan fingerprint density at radius 3 is 1.62 bits per heavy atom. The molecule has 1 aliphatic heterocycles. The summed E-state index contributed by atoms with van der Waals surface area (Å²) in [7, 11) is -3.33. The number of hydrogen-bond acceptors (Lipinski definition) is 2. The molecule has 3 aromatic carbocycles. The van der Waals surface area contributed by atoms with E-state index in [1.807, 2.05) is 100 Å². The Balaban J connectivity index is 1.89. The van der Waals surface area contributed by atoms with E-state index in [4.69, 9.17) is 0 Å². The number of anilines is 2. The molecule has 1 aliphatic rings. The van der Waals surface area contributed by atoms with Gasteiger partial charge in [-0.15, -0.1) is 0 Å². The first-order chi connectivity index (χ1) is 14.1. The van der Waals surface area contributed by atoms with E-state index in [0.29, 0.717) is 13.1 Å². The Morgan fingerprint density at radius 1 is 0.793 bits per heavy atom. The second-order valence-corrected chi connectivity index (χ2v) is 9.80. The lowest BCUT2D eigenvalue weighted by molar-refractivity contribution is -0.137. The van der Waals surface area contributed by atoms with Crippen LogP contribution in [-0.2, 0) is 9.36 Å². The molecule has 5 nitrogen and oxygen atoms in total. The maximum Gasteiger partial charge on any atom is 0.304 e. The van der Waals surface area contributed by atoms with Crippen LogP contribution in [0.2, 0.25) is 0 Å². The summed E-state index contributed by atoms with van der Waals surface area (Å²) in [6, 6.07) is 28.6. The van der Waals surface area contributed by atoms with Crippen LogP contribution in [0.25, 0.3) is 0 Å². The van der Waals surface area contributed by atoms with Crippen molar-refractivity contribution in [2.45, 2.75) is 12.1 Å². The third-order valence-corrected chi connectivity index (χ3v) is 8.82. The summed E-state index contributed by atoms with van der Waals surface area (Å²) in [5.41, 5.74) is 1.83. The van der Waals surface area contributed by atoms with Gasteiger partial charge in [0.05, 0.1) is 12.1 Å². The Bertz CT molecular complexity index is 961. The highest BCUT2D eigenvalue weighted by Crippen LogP contribution is 2.69. The van der Waals surface area contributed by atoms with Gasteiger partial charge in [-0.25, -0.2) is 0 Å². The van der Waals surface area contributed by atoms with E-state index in [1.165, 1.54) is 0 Å². The monoisotopic (exact) mass is 406 g/mol. The van der Waals surface area contributed by atoms with Crippen LogP contribution < -0.4 is 9.34 Å². The van der Waals surface area contributed by atoms with E-state index >= 15 is 0 Å². The van der Waals surface area contributed by atoms with Crippen LogP contribution in [0, 0.1) is 0 Å². The summed E-state index contributed by atoms with van der Waals surface area (Å²) in [5, 5.41) is 9.68. The van der Waals surface area contributed by atoms with Crippen molar-refractivity contribution in [3.63, 3.8) is 0 Å². The summed E-state index contributed by atoms with van der Waals surface area (Å²) < 4.78 is 18.7. The molecule has 148 valence electrons. The fraction of sp³-hybridized carbons (Fsp3) is 0.174. The zero-order chi connectivity index (χ0) is 20.3. The summed E-state index contributed by atoms with van der Waals surface area (Å²) in [6.07, 6.45) is -0.200. The molecule has 6 heteroatoms. The summed E-state index contributed by atoms with van der Waals surface area (Å²) in [6.45, 7) is 1.14. The van der Waals surface area contributed by atoms with Gasteiger partial charge in [0, 0.05) is 24.5 Å². The molecule has 0 spiro atoms. The average Bonchev–Trinajstić information content (AvgIpc) is 3.11. The lowest BCUT2D eigenvalue weighted by Crippen LogP contribution is -2.25. The van der Waals surface area contributed by atoms with Crippen LogP contribution >= 0.6 is 7.44 Å². The first-order valence-corrected chi connectivity index (χ1v) is 11.3. The molecule has 1 heterocycles. The zero-order valence-electron chi connectivity index (χ0n) is 16.0. The van der Waals surface area contributed by atoms with Crippen molar-refractivity contribution in [1.29, 1.82) is 0 Å². The van der Waals surface area contributed by atoms with Crippen LogP contribution in [-0.4, -0.2) is 24.2 Å². The minimum Gasteiger partial charge on any atom is -0.481 e. The molecular formula is C23H23N2O3P. The van der Waals surface area contributed by atoms with Crippen LogP contribution in [0.15, 0.2) is 91.0 Å². The van der Waals surface area contributed by atoms with Gasteiger partial charge < -0.3 is 14.4 Å². The van der Waals surface area contributed by atoms with Crippen molar-refractivity contribution in [3.8, 4) is 0 Å². The highest BCUT2D eigenvalue weighted by Gasteiger charge is 2.50. The van der Waals surface area contributed by atoms with Crippen molar-refractivity contribution in [1.82, 2.24) is 0 Å². The minimum absolute atomic E-state index is 0.200. The van der Waals surface area contributed by atoms with Crippen LogP contribution in [0.5, 0.6) is 0 Å². The van der Waals surface area contributed by atoms with Gasteiger partial charge in [-0.2, -0.15) is 0 Å². The number of nitrogens with zero attached hydrogens (tertiary/aromatic N) is 2. The van der Waals surface area contributed by atoms with Crippen LogP contribution in [0.1, 0.15) is 17.6 Å². The molecule has 0 aromatic heterocycles. The van der Waals surface area contributed by atoms with E-state index in [-0.39, 0.29) is 6.42 Å². The second kappa shape index (κ2) is 8.14. The molecule has 1 atom stereocenters. The topological polar surface area (TPSA) is 60.9 Å². The Hall–Kier alpha value is -3.04. The quantitative estimate of drug-likeness (QED) is 0.554. The maximum atomic E-state index is 14.9. The van der Waals surface area contributed by atoms with Crippen molar-refractivity contribution < 1.29 is 14.5 Å². The van der Waals surface area contributed by atoms with Crippen molar-refractivity contribution in [3.05, 3.63) is 96.6 Å². The molecule has 1 fully saturated rings. The summed E-state index contributed by atoms with van der Waals surface area (Å²) in [4.78, 5) is 11.8. The lowest BCUT2D eigenvalue weighted by atomic mass is 10.1. The van der Waals surface area contributed by atoms with E-state index in [1.54, 1.807) is 0 Å². The number of hydrogen-bond donors (Lipinski definition) is 1. The second-order valence-electron chi connectivity index (χ2n) is 7.03. The van der Waals surface area contributed by atoms with Crippen molar-refractivity contribution >= 4 is 24.8 Å². The molecule has 3 aromatic rings. The normalized spacial score (nSPS) is 16.6. The van der Waals surface area contributed by atoms with Gasteiger partial charge in [0.25, 0.3) is 7.44 Å². The molecule has 0 aliphatic carbocycles. The standard InChI is InChI=1S/C23H23N2O3P/c26-23(27)18-22(19-10-4-1-5-11-19)29(28)24(20-12-6-2-7-13-20)16-17-25(29)21-14-8-3-9-15-21/h1-15,22H,16-18H2,(H,26,27). The van der Waals surface area contributed by atoms with E-state index in [9.17, 15) is 14.5 Å². The number of carboxylic acids is 1. The highest BCUT2D eigenvalue weighted by molar-refractivity contribution is 7.68. The lowest BCUT2D eigenvalue weighted by Gasteiger charge is -2.38. The maximum absolute atomic E-state index is 14.9. The average molecular weight is 406 g/mol. The van der Waals surface area contributed by atoms with Gasteiger partial charge in [-0.05, 0) is 29.8 Å². The predicted molar refractivity (Wildman–Crippen MR) is 117 cm³/mol. The Labute approximate surface area is 170 Å². The Kier molecular flexibility index (Phi) is 5.41. The SMILES string of the molecule is O=C(O)CC(c1ccccc1)P1(=O)N(c2ccccc2)CCN1c1ccccc1. The first kappa shape index (κ1) is 19.3. The zero-order valence-corrected chi connectivity index (χ0v) is 16.9. The summed E-state index contributed by atoms with van der Waals surface area (Å²) in [5.74, 6) is -0.956. The van der Waals surface area contributed by atoms with Gasteiger partial charge >= 0.3 is 5.97 Å². The number of para-hydroxylation sites is 2. The fourth-order valence-corrected chi connectivity index (χ4v) is 7.57. The molecule has 1 unspecified atom stereocenters. The number of benzene rings is 3. The molecule has 0 amide bonds. The summed E-state index contributed by atoms with van der Waals surface area (Å²) >= 11 is 0. The fourth-order valence-electron chi connectivity index (χ4n) is 4.00. The number of carboxylic acid groups (broad SMARTS) is 1. The highest BCUT2D eigenvalue weighted by atomic mass is 31.2. The molecule has 29 heavy (non-hydrogen) atoms. The molecule has 0 radical (unpaired) electrons. The van der Waals surface area contributed by atoms with Crippen LogP contribution in [0.4, 0.5) is 11.4 Å². The van der Waals surface area contributed by atoms with Gasteiger partial charge in [0.2, 0.25) is 0 Å². The van der Waals surface area contributed by atoms with Gasteiger partial charge in [-0.3, -0.25) is 9.36 Å². The number of aliphatic carboxylic acids is 1. The molecule has 0 saturated carbocycles. The molecule has 4 rings (SSSR count). The molecule has 0 bridgehead atoms. The van der Waals surface area contributed by atoms with Gasteiger partial charge in [0.15, 0.2) is 0 Å². The van der Waals surface area contributed by atoms with Crippen molar-refractivity contribution in [2.24, 2.45) is 0 Å². The predicted octanol–water partition coefficient (Wildman–Crippen LogP) is 5.42. The van der Waals surface area contributed by atoms with Crippen molar-refractivity contribution in [2.75, 3.05) is 22.4 Å². The van der Waals surface area contributed by atoms with Gasteiger partial charge in [-0.1, -0.05) is 66.7 Å². The van der Waals surface area contributed by atoms with E-state index < -0.39 is 19.1 Å².